The highest BCUT2D eigenvalue weighted by atomic mass is 79.9. The van der Waals surface area contributed by atoms with Crippen LogP contribution in [0.5, 0.6) is 0 Å². The van der Waals surface area contributed by atoms with Crippen molar-refractivity contribution in [1.29, 1.82) is 0 Å². The number of piperidine rings is 1. The number of hydrogen-bond donors (Lipinski definition) is 0. The highest BCUT2D eigenvalue weighted by Gasteiger charge is 2.20. The fraction of sp³-hybridized carbons (Fsp3) is 1.00. The van der Waals surface area contributed by atoms with Crippen molar-refractivity contribution in [2.75, 3.05) is 18.4 Å². The molecule has 0 N–H and O–H groups in total. The molecule has 0 aromatic rings. The third kappa shape index (κ3) is 2.74. The van der Waals surface area contributed by atoms with E-state index in [-0.39, 0.29) is 0 Å². The second-order valence-corrected chi connectivity index (χ2v) is 4.54. The van der Waals surface area contributed by atoms with Crippen molar-refractivity contribution in [3.63, 3.8) is 0 Å². The first-order valence-corrected chi connectivity index (χ1v) is 6.20. The number of hydrogen-bond acceptors (Lipinski definition) is 1. The van der Waals surface area contributed by atoms with Crippen molar-refractivity contribution >= 4 is 15.9 Å². The second kappa shape index (κ2) is 5.23. The van der Waals surface area contributed by atoms with E-state index in [9.17, 15) is 0 Å². The Labute approximate surface area is 84.6 Å². The lowest BCUT2D eigenvalue weighted by Gasteiger charge is -2.35. The molecular formula is C10H20BrN. The first kappa shape index (κ1) is 10.5. The van der Waals surface area contributed by atoms with Crippen LogP contribution < -0.4 is 0 Å². The molecule has 0 bridgehead atoms. The molecule has 1 aliphatic rings. The summed E-state index contributed by atoms with van der Waals surface area (Å²) in [6, 6.07) is 0.793. The Morgan fingerprint density at radius 3 is 2.42 bits per heavy atom. The van der Waals surface area contributed by atoms with Gasteiger partial charge in [-0.1, -0.05) is 22.9 Å². The molecule has 1 aliphatic heterocycles. The van der Waals surface area contributed by atoms with E-state index in [2.05, 4.69) is 34.7 Å². The van der Waals surface area contributed by atoms with Crippen molar-refractivity contribution in [1.82, 2.24) is 4.90 Å². The van der Waals surface area contributed by atoms with Gasteiger partial charge in [0.25, 0.3) is 0 Å². The third-order valence-corrected chi connectivity index (χ3v) is 4.00. The summed E-state index contributed by atoms with van der Waals surface area (Å²) in [6.07, 6.45) is 4.06. The van der Waals surface area contributed by atoms with Crippen LogP contribution in [0.3, 0.4) is 0 Å². The minimum Gasteiger partial charge on any atom is -0.301 e. The molecule has 0 spiro atoms. The molecule has 72 valence electrons. The predicted molar refractivity (Wildman–Crippen MR) is 57.8 cm³/mol. The summed E-state index contributed by atoms with van der Waals surface area (Å²) in [5, 5.41) is 1.20. The van der Waals surface area contributed by atoms with Gasteiger partial charge in [0, 0.05) is 11.4 Å². The van der Waals surface area contributed by atoms with Crippen LogP contribution in [-0.4, -0.2) is 29.4 Å². The van der Waals surface area contributed by atoms with Gasteiger partial charge in [0.05, 0.1) is 0 Å². The standard InChI is InChI=1S/C10H20BrN/c1-3-9(2)12-6-4-10(8-11)5-7-12/h9-10H,3-8H2,1-2H3. The van der Waals surface area contributed by atoms with Gasteiger partial charge < -0.3 is 4.90 Å². The Hall–Kier alpha value is 0.440. The Morgan fingerprint density at radius 1 is 1.42 bits per heavy atom. The number of rotatable bonds is 3. The quantitative estimate of drug-likeness (QED) is 0.679. The molecule has 12 heavy (non-hydrogen) atoms. The van der Waals surface area contributed by atoms with Gasteiger partial charge in [-0.2, -0.15) is 0 Å². The topological polar surface area (TPSA) is 3.24 Å². The van der Waals surface area contributed by atoms with Crippen LogP contribution in [0.1, 0.15) is 33.1 Å². The average Bonchev–Trinajstić information content (AvgIpc) is 2.17. The lowest BCUT2D eigenvalue weighted by atomic mass is 9.98. The van der Waals surface area contributed by atoms with Gasteiger partial charge in [-0.25, -0.2) is 0 Å². The van der Waals surface area contributed by atoms with Crippen LogP contribution in [-0.2, 0) is 0 Å². The highest BCUT2D eigenvalue weighted by molar-refractivity contribution is 9.09. The first-order valence-electron chi connectivity index (χ1n) is 5.08. The van der Waals surface area contributed by atoms with Gasteiger partial charge in [0.1, 0.15) is 0 Å². The summed E-state index contributed by atoms with van der Waals surface area (Å²) in [5.41, 5.74) is 0. The van der Waals surface area contributed by atoms with E-state index in [0.717, 1.165) is 12.0 Å². The molecule has 2 heteroatoms. The molecule has 0 aromatic heterocycles. The van der Waals surface area contributed by atoms with Crippen LogP contribution >= 0.6 is 15.9 Å². The third-order valence-electron chi connectivity index (χ3n) is 3.08. The van der Waals surface area contributed by atoms with Crippen LogP contribution in [0.15, 0.2) is 0 Å². The SMILES string of the molecule is CCC(C)N1CCC(CBr)CC1. The lowest BCUT2D eigenvalue weighted by Crippen LogP contribution is -2.39. The van der Waals surface area contributed by atoms with Gasteiger partial charge in [0.2, 0.25) is 0 Å². The van der Waals surface area contributed by atoms with E-state index in [0.29, 0.717) is 0 Å². The summed E-state index contributed by atoms with van der Waals surface area (Å²) >= 11 is 3.57. The fourth-order valence-corrected chi connectivity index (χ4v) is 2.45. The average molecular weight is 234 g/mol. The summed E-state index contributed by atoms with van der Waals surface area (Å²) in [7, 11) is 0. The summed E-state index contributed by atoms with van der Waals surface area (Å²) < 4.78 is 0. The van der Waals surface area contributed by atoms with Crippen molar-refractivity contribution in [2.24, 2.45) is 5.92 Å². The monoisotopic (exact) mass is 233 g/mol. The van der Waals surface area contributed by atoms with Crippen LogP contribution in [0.4, 0.5) is 0 Å². The van der Waals surface area contributed by atoms with E-state index in [4.69, 9.17) is 0 Å². The molecule has 1 unspecified atom stereocenters. The lowest BCUT2D eigenvalue weighted by molar-refractivity contribution is 0.145. The van der Waals surface area contributed by atoms with Gasteiger partial charge in [-0.15, -0.1) is 0 Å². The maximum atomic E-state index is 3.57. The van der Waals surface area contributed by atoms with Crippen molar-refractivity contribution in [2.45, 2.75) is 39.2 Å². The van der Waals surface area contributed by atoms with E-state index in [1.54, 1.807) is 0 Å². The molecule has 0 amide bonds. The number of nitrogens with zero attached hydrogens (tertiary/aromatic N) is 1. The number of halogens is 1. The second-order valence-electron chi connectivity index (χ2n) is 3.89. The van der Waals surface area contributed by atoms with E-state index in [1.807, 2.05) is 0 Å². The smallest absolute Gasteiger partial charge is 0.00643 e. The van der Waals surface area contributed by atoms with Crippen molar-refractivity contribution < 1.29 is 0 Å². The molecule has 0 aliphatic carbocycles. The molecule has 0 radical (unpaired) electrons. The minimum absolute atomic E-state index is 0.793. The van der Waals surface area contributed by atoms with E-state index in [1.165, 1.54) is 37.7 Å². The van der Waals surface area contributed by atoms with Gasteiger partial charge in [0.15, 0.2) is 0 Å². The molecule has 1 rings (SSSR count). The van der Waals surface area contributed by atoms with Gasteiger partial charge >= 0.3 is 0 Å². The highest BCUT2D eigenvalue weighted by Crippen LogP contribution is 2.21. The van der Waals surface area contributed by atoms with Crippen molar-refractivity contribution in [3.05, 3.63) is 0 Å². The Bertz CT molecular complexity index is 119. The summed E-state index contributed by atoms with van der Waals surface area (Å²) in [4.78, 5) is 2.62. The maximum absolute atomic E-state index is 3.57. The maximum Gasteiger partial charge on any atom is 0.00643 e. The number of alkyl halides is 1. The minimum atomic E-state index is 0.793. The van der Waals surface area contributed by atoms with E-state index < -0.39 is 0 Å². The molecule has 1 heterocycles. The molecule has 1 nitrogen and oxygen atoms in total. The van der Waals surface area contributed by atoms with Crippen LogP contribution in [0.25, 0.3) is 0 Å². The summed E-state index contributed by atoms with van der Waals surface area (Å²) in [6.45, 7) is 7.24. The first-order chi connectivity index (χ1) is 5.77. The molecular weight excluding hydrogens is 214 g/mol. The van der Waals surface area contributed by atoms with Crippen LogP contribution in [0, 0.1) is 5.92 Å². The Balaban J connectivity index is 2.25. The normalized spacial score (nSPS) is 24.2. The van der Waals surface area contributed by atoms with Crippen LogP contribution in [0.2, 0.25) is 0 Å². The molecule has 1 saturated heterocycles. The zero-order chi connectivity index (χ0) is 8.97. The zero-order valence-electron chi connectivity index (χ0n) is 8.22. The Kier molecular flexibility index (Phi) is 4.59. The molecule has 0 aromatic carbocycles. The summed E-state index contributed by atoms with van der Waals surface area (Å²) in [5.74, 6) is 0.935. The fourth-order valence-electron chi connectivity index (χ4n) is 1.81. The molecule has 1 fully saturated rings. The van der Waals surface area contributed by atoms with Gasteiger partial charge in [-0.3, -0.25) is 0 Å². The molecule has 0 saturated carbocycles. The van der Waals surface area contributed by atoms with Gasteiger partial charge in [-0.05, 0) is 45.2 Å². The van der Waals surface area contributed by atoms with E-state index >= 15 is 0 Å². The largest absolute Gasteiger partial charge is 0.301 e. The molecule has 1 atom stereocenters. The van der Waals surface area contributed by atoms with Crippen molar-refractivity contribution in [3.8, 4) is 0 Å². The zero-order valence-corrected chi connectivity index (χ0v) is 9.81. The number of likely N-dealkylation sites (tertiary alicyclic amines) is 1. The predicted octanol–water partition coefficient (Wildman–Crippen LogP) is 2.89. The Morgan fingerprint density at radius 2 is 2.00 bits per heavy atom.